The lowest BCUT2D eigenvalue weighted by molar-refractivity contribution is -0.138. The van der Waals surface area contributed by atoms with Crippen LogP contribution >= 0.6 is 15.9 Å². The highest BCUT2D eigenvalue weighted by Crippen LogP contribution is 2.41. The summed E-state index contributed by atoms with van der Waals surface area (Å²) in [4.78, 5) is 11.5. The number of nitrogens with one attached hydrogen (secondary N) is 1. The predicted molar refractivity (Wildman–Crippen MR) is 70.7 cm³/mol. The fraction of sp³-hybridized carbons (Fsp3) is 0.417. The van der Waals surface area contributed by atoms with Crippen molar-refractivity contribution in [3.05, 3.63) is 22.2 Å². The number of phenolic OH excluding ortho intramolecular Hbond substituents is 1. The average molecular weight is 356 g/mol. The van der Waals surface area contributed by atoms with E-state index < -0.39 is 29.2 Å². The minimum Gasteiger partial charge on any atom is -0.505 e. The molecular weight excluding hydrogens is 343 g/mol. The molecule has 0 spiro atoms. The molecule has 20 heavy (non-hydrogen) atoms. The van der Waals surface area contributed by atoms with E-state index in [1.807, 2.05) is 0 Å². The fourth-order valence-electron chi connectivity index (χ4n) is 1.32. The molecule has 0 saturated heterocycles. The van der Waals surface area contributed by atoms with Crippen molar-refractivity contribution in [2.45, 2.75) is 32.5 Å². The van der Waals surface area contributed by atoms with Gasteiger partial charge in [-0.05, 0) is 32.9 Å². The summed E-state index contributed by atoms with van der Waals surface area (Å²) in [5.74, 6) is -1.06. The van der Waals surface area contributed by atoms with Crippen LogP contribution in [0.4, 0.5) is 23.7 Å². The second kappa shape index (κ2) is 5.51. The minimum absolute atomic E-state index is 0.0636. The second-order valence-corrected chi connectivity index (χ2v) is 5.89. The van der Waals surface area contributed by atoms with Crippen LogP contribution in [-0.2, 0) is 10.9 Å². The van der Waals surface area contributed by atoms with Crippen molar-refractivity contribution in [2.24, 2.45) is 0 Å². The van der Waals surface area contributed by atoms with Gasteiger partial charge >= 0.3 is 12.3 Å². The summed E-state index contributed by atoms with van der Waals surface area (Å²) in [6, 6.07) is 1.87. The van der Waals surface area contributed by atoms with Gasteiger partial charge in [0, 0.05) is 4.47 Å². The van der Waals surface area contributed by atoms with Crippen molar-refractivity contribution >= 4 is 27.7 Å². The molecule has 2 N–H and O–H groups in total. The van der Waals surface area contributed by atoms with Gasteiger partial charge in [-0.2, -0.15) is 13.2 Å². The molecule has 0 aliphatic rings. The first-order valence-electron chi connectivity index (χ1n) is 5.50. The van der Waals surface area contributed by atoms with E-state index in [0.717, 1.165) is 12.1 Å². The van der Waals surface area contributed by atoms with Crippen molar-refractivity contribution in [3.8, 4) is 5.75 Å². The number of anilines is 1. The number of benzene rings is 1. The van der Waals surface area contributed by atoms with E-state index in [0.29, 0.717) is 0 Å². The van der Waals surface area contributed by atoms with Crippen molar-refractivity contribution in [2.75, 3.05) is 5.32 Å². The molecule has 1 rings (SSSR count). The third-order valence-corrected chi connectivity index (χ3v) is 2.47. The smallest absolute Gasteiger partial charge is 0.420 e. The van der Waals surface area contributed by atoms with E-state index in [2.05, 4.69) is 21.2 Å². The van der Waals surface area contributed by atoms with Crippen LogP contribution in [0.3, 0.4) is 0 Å². The molecule has 0 saturated carbocycles. The van der Waals surface area contributed by atoms with Crippen molar-refractivity contribution in [1.82, 2.24) is 0 Å². The zero-order chi connectivity index (χ0) is 15.7. The van der Waals surface area contributed by atoms with Crippen molar-refractivity contribution in [1.29, 1.82) is 0 Å². The van der Waals surface area contributed by atoms with E-state index in [1.54, 1.807) is 20.8 Å². The normalized spacial score (nSPS) is 12.2. The number of hydrogen-bond acceptors (Lipinski definition) is 3. The average Bonchev–Trinajstić information content (AvgIpc) is 2.18. The topological polar surface area (TPSA) is 58.6 Å². The Kier molecular flexibility index (Phi) is 4.58. The van der Waals surface area contributed by atoms with Crippen LogP contribution in [0.2, 0.25) is 0 Å². The van der Waals surface area contributed by atoms with Gasteiger partial charge in [0.1, 0.15) is 11.2 Å². The summed E-state index contributed by atoms with van der Waals surface area (Å²) in [6.45, 7) is 4.82. The van der Waals surface area contributed by atoms with Gasteiger partial charge in [0.05, 0.1) is 5.69 Å². The van der Waals surface area contributed by atoms with Gasteiger partial charge in [0.15, 0.2) is 5.75 Å². The highest BCUT2D eigenvalue weighted by Gasteiger charge is 2.35. The molecule has 0 bridgehead atoms. The molecule has 0 aliphatic heterocycles. The molecule has 8 heteroatoms. The maximum absolute atomic E-state index is 12.7. The van der Waals surface area contributed by atoms with Crippen LogP contribution in [0.5, 0.6) is 5.75 Å². The van der Waals surface area contributed by atoms with Gasteiger partial charge in [0.25, 0.3) is 0 Å². The summed E-state index contributed by atoms with van der Waals surface area (Å²) >= 11 is 2.89. The van der Waals surface area contributed by atoms with Gasteiger partial charge in [0.2, 0.25) is 0 Å². The lowest BCUT2D eigenvalue weighted by atomic mass is 10.1. The van der Waals surface area contributed by atoms with E-state index in [-0.39, 0.29) is 10.2 Å². The number of amides is 1. The molecule has 0 aliphatic carbocycles. The Labute approximate surface area is 122 Å². The molecular formula is C12H13BrF3NO3. The molecule has 1 aromatic carbocycles. The molecule has 0 radical (unpaired) electrons. The van der Waals surface area contributed by atoms with E-state index in [1.165, 1.54) is 0 Å². The Morgan fingerprint density at radius 2 is 1.85 bits per heavy atom. The number of halogens is 4. The minimum atomic E-state index is -4.74. The Morgan fingerprint density at radius 3 is 2.30 bits per heavy atom. The Bertz CT molecular complexity index is 524. The Morgan fingerprint density at radius 1 is 1.30 bits per heavy atom. The maximum atomic E-state index is 12.7. The largest absolute Gasteiger partial charge is 0.505 e. The molecule has 0 aromatic heterocycles. The van der Waals surface area contributed by atoms with Crippen LogP contribution < -0.4 is 5.32 Å². The lowest BCUT2D eigenvalue weighted by Gasteiger charge is -2.20. The third kappa shape index (κ3) is 4.59. The van der Waals surface area contributed by atoms with Crippen LogP contribution in [-0.4, -0.2) is 16.8 Å². The standard InChI is InChI=1S/C12H13BrF3NO3/c1-11(2,3)20-10(19)17-8-5-6(13)4-7(9(8)18)12(14,15)16/h4-5,18H,1-3H3,(H,17,19). The molecule has 0 fully saturated rings. The van der Waals surface area contributed by atoms with Gasteiger partial charge in [-0.25, -0.2) is 4.79 Å². The van der Waals surface area contributed by atoms with Gasteiger partial charge in [-0.3, -0.25) is 5.32 Å². The number of rotatable bonds is 1. The van der Waals surface area contributed by atoms with E-state index in [4.69, 9.17) is 4.74 Å². The van der Waals surface area contributed by atoms with Crippen LogP contribution in [0, 0.1) is 0 Å². The van der Waals surface area contributed by atoms with Crippen molar-refractivity contribution in [3.63, 3.8) is 0 Å². The van der Waals surface area contributed by atoms with Crippen LogP contribution in [0.15, 0.2) is 16.6 Å². The highest BCUT2D eigenvalue weighted by molar-refractivity contribution is 9.10. The summed E-state index contributed by atoms with van der Waals surface area (Å²) in [5.41, 5.74) is -2.45. The lowest BCUT2D eigenvalue weighted by Crippen LogP contribution is -2.27. The number of carbonyl (C=O) groups excluding carboxylic acids is 1. The summed E-state index contributed by atoms with van der Waals surface area (Å²) in [7, 11) is 0. The Hall–Kier alpha value is -1.44. The van der Waals surface area contributed by atoms with Gasteiger partial charge in [-0.15, -0.1) is 0 Å². The molecule has 0 heterocycles. The summed E-state index contributed by atoms with van der Waals surface area (Å²) in [5, 5.41) is 11.7. The number of carbonyl (C=O) groups is 1. The predicted octanol–water partition coefficient (Wildman–Crippen LogP) is 4.52. The number of alkyl halides is 3. The van der Waals surface area contributed by atoms with Crippen LogP contribution in [0.25, 0.3) is 0 Å². The van der Waals surface area contributed by atoms with Gasteiger partial charge < -0.3 is 9.84 Å². The number of hydrogen-bond donors (Lipinski definition) is 2. The quantitative estimate of drug-likeness (QED) is 0.728. The van der Waals surface area contributed by atoms with E-state index in [9.17, 15) is 23.1 Å². The fourth-order valence-corrected chi connectivity index (χ4v) is 1.78. The summed E-state index contributed by atoms with van der Waals surface area (Å²) in [6.07, 6.45) is -5.70. The van der Waals surface area contributed by atoms with Gasteiger partial charge in [-0.1, -0.05) is 15.9 Å². The zero-order valence-electron chi connectivity index (χ0n) is 10.9. The molecule has 0 unspecified atom stereocenters. The monoisotopic (exact) mass is 355 g/mol. The Balaban J connectivity index is 3.08. The first kappa shape index (κ1) is 16.6. The number of ether oxygens (including phenoxy) is 1. The number of aromatic hydroxyl groups is 1. The second-order valence-electron chi connectivity index (χ2n) is 4.97. The summed E-state index contributed by atoms with van der Waals surface area (Å²) < 4.78 is 43.0. The number of phenols is 1. The first-order chi connectivity index (χ1) is 8.90. The molecule has 4 nitrogen and oxygen atoms in total. The van der Waals surface area contributed by atoms with Crippen molar-refractivity contribution < 1.29 is 27.8 Å². The third-order valence-electron chi connectivity index (χ3n) is 2.02. The molecule has 0 atom stereocenters. The first-order valence-corrected chi connectivity index (χ1v) is 6.29. The molecule has 112 valence electrons. The SMILES string of the molecule is CC(C)(C)OC(=O)Nc1cc(Br)cc(C(F)(F)F)c1O. The molecule has 1 amide bonds. The zero-order valence-corrected chi connectivity index (χ0v) is 12.5. The van der Waals surface area contributed by atoms with E-state index >= 15 is 0 Å². The van der Waals surface area contributed by atoms with Crippen LogP contribution in [0.1, 0.15) is 26.3 Å². The molecule has 1 aromatic rings. The maximum Gasteiger partial charge on any atom is 0.420 e. The highest BCUT2D eigenvalue weighted by atomic mass is 79.9.